The maximum atomic E-state index is 9.00. The minimum Gasteiger partial charge on any atom is -0.396 e. The Morgan fingerprint density at radius 1 is 1.55 bits per heavy atom. The van der Waals surface area contributed by atoms with E-state index in [1.165, 1.54) is 25.9 Å². The third kappa shape index (κ3) is 1.94. The second kappa shape index (κ2) is 4.07. The topological polar surface area (TPSA) is 23.5 Å². The molecule has 66 valence electrons. The van der Waals surface area contributed by atoms with E-state index in [1.54, 1.807) is 0 Å². The lowest BCUT2D eigenvalue weighted by Gasteiger charge is -2.22. The molecule has 0 aliphatic carbocycles. The van der Waals surface area contributed by atoms with E-state index >= 15 is 0 Å². The van der Waals surface area contributed by atoms with Crippen molar-refractivity contribution >= 4 is 0 Å². The molecule has 1 fully saturated rings. The SMILES string of the molecule is CCCN1CCC(CO)C1C. The minimum atomic E-state index is 0.362. The summed E-state index contributed by atoms with van der Waals surface area (Å²) in [6, 6.07) is 0.597. The van der Waals surface area contributed by atoms with Gasteiger partial charge in [0.05, 0.1) is 0 Å². The van der Waals surface area contributed by atoms with Crippen molar-refractivity contribution < 1.29 is 5.11 Å². The third-order valence-electron chi connectivity index (χ3n) is 2.79. The van der Waals surface area contributed by atoms with E-state index in [2.05, 4.69) is 18.7 Å². The summed E-state index contributed by atoms with van der Waals surface area (Å²) in [5, 5.41) is 9.00. The lowest BCUT2D eigenvalue weighted by Crippen LogP contribution is -2.31. The second-order valence-corrected chi connectivity index (χ2v) is 3.51. The largest absolute Gasteiger partial charge is 0.396 e. The average Bonchev–Trinajstić information content (AvgIpc) is 2.34. The van der Waals surface area contributed by atoms with Crippen LogP contribution in [0, 0.1) is 5.92 Å². The predicted molar refractivity (Wildman–Crippen MR) is 46.5 cm³/mol. The Morgan fingerprint density at radius 3 is 2.73 bits per heavy atom. The highest BCUT2D eigenvalue weighted by atomic mass is 16.3. The Labute approximate surface area is 69.2 Å². The average molecular weight is 157 g/mol. The summed E-state index contributed by atoms with van der Waals surface area (Å²) in [6.07, 6.45) is 2.40. The summed E-state index contributed by atoms with van der Waals surface area (Å²) in [5.41, 5.74) is 0. The molecule has 0 amide bonds. The van der Waals surface area contributed by atoms with Crippen molar-refractivity contribution in [3.8, 4) is 0 Å². The van der Waals surface area contributed by atoms with Gasteiger partial charge in [0, 0.05) is 12.6 Å². The monoisotopic (exact) mass is 157 g/mol. The molecule has 0 aromatic rings. The molecule has 1 aliphatic heterocycles. The van der Waals surface area contributed by atoms with Gasteiger partial charge in [-0.25, -0.2) is 0 Å². The maximum Gasteiger partial charge on any atom is 0.0474 e. The zero-order valence-corrected chi connectivity index (χ0v) is 7.58. The van der Waals surface area contributed by atoms with Gasteiger partial charge in [0.1, 0.15) is 0 Å². The van der Waals surface area contributed by atoms with Gasteiger partial charge in [0.15, 0.2) is 0 Å². The maximum absolute atomic E-state index is 9.00. The van der Waals surface area contributed by atoms with E-state index in [0.29, 0.717) is 18.6 Å². The molecule has 2 nitrogen and oxygen atoms in total. The molecule has 0 spiro atoms. The Bertz CT molecular complexity index is 116. The van der Waals surface area contributed by atoms with Gasteiger partial charge in [-0.15, -0.1) is 0 Å². The van der Waals surface area contributed by atoms with E-state index in [0.717, 1.165) is 0 Å². The predicted octanol–water partition coefficient (Wildman–Crippen LogP) is 1.10. The standard InChI is InChI=1S/C9H19NO/c1-3-5-10-6-4-9(7-11)8(10)2/h8-9,11H,3-7H2,1-2H3. The van der Waals surface area contributed by atoms with Gasteiger partial charge in [-0.2, -0.15) is 0 Å². The van der Waals surface area contributed by atoms with Crippen LogP contribution in [-0.2, 0) is 0 Å². The Balaban J connectivity index is 2.35. The first-order valence-electron chi connectivity index (χ1n) is 4.64. The Hall–Kier alpha value is -0.0800. The molecule has 1 N–H and O–H groups in total. The first-order chi connectivity index (χ1) is 5.29. The van der Waals surface area contributed by atoms with Gasteiger partial charge in [0.2, 0.25) is 0 Å². The van der Waals surface area contributed by atoms with Gasteiger partial charge in [-0.3, -0.25) is 0 Å². The highest BCUT2D eigenvalue weighted by Gasteiger charge is 2.28. The molecule has 2 atom stereocenters. The summed E-state index contributed by atoms with van der Waals surface area (Å²) in [4.78, 5) is 2.47. The molecule has 2 heteroatoms. The van der Waals surface area contributed by atoms with Crippen LogP contribution in [0.1, 0.15) is 26.7 Å². The van der Waals surface area contributed by atoms with E-state index in [-0.39, 0.29) is 0 Å². The summed E-state index contributed by atoms with van der Waals surface area (Å²) in [6.45, 7) is 7.17. The first-order valence-corrected chi connectivity index (χ1v) is 4.64. The third-order valence-corrected chi connectivity index (χ3v) is 2.79. The number of aliphatic hydroxyl groups is 1. The van der Waals surface area contributed by atoms with Crippen LogP contribution in [0.5, 0.6) is 0 Å². The number of aliphatic hydroxyl groups excluding tert-OH is 1. The first kappa shape index (κ1) is 9.01. The number of rotatable bonds is 3. The number of nitrogens with zero attached hydrogens (tertiary/aromatic N) is 1. The summed E-state index contributed by atoms with van der Waals surface area (Å²) < 4.78 is 0. The summed E-state index contributed by atoms with van der Waals surface area (Å²) in [5.74, 6) is 0.529. The highest BCUT2D eigenvalue weighted by molar-refractivity contribution is 4.82. The van der Waals surface area contributed by atoms with Crippen molar-refractivity contribution in [1.29, 1.82) is 0 Å². The normalized spacial score (nSPS) is 33.0. The lowest BCUT2D eigenvalue weighted by atomic mass is 10.0. The Morgan fingerprint density at radius 2 is 2.27 bits per heavy atom. The Kier molecular flexibility index (Phi) is 3.34. The lowest BCUT2D eigenvalue weighted by molar-refractivity contribution is 0.177. The molecule has 2 unspecified atom stereocenters. The molecule has 1 saturated heterocycles. The van der Waals surface area contributed by atoms with E-state index in [9.17, 15) is 0 Å². The van der Waals surface area contributed by atoms with Crippen LogP contribution in [-0.4, -0.2) is 35.7 Å². The van der Waals surface area contributed by atoms with E-state index in [1.807, 2.05) is 0 Å². The molecule has 1 rings (SSSR count). The zero-order chi connectivity index (χ0) is 8.27. The molecular formula is C9H19NO. The molecule has 11 heavy (non-hydrogen) atoms. The molecule has 0 bridgehead atoms. The number of likely N-dealkylation sites (tertiary alicyclic amines) is 1. The van der Waals surface area contributed by atoms with Crippen molar-refractivity contribution in [2.45, 2.75) is 32.7 Å². The van der Waals surface area contributed by atoms with Crippen LogP contribution in [0.4, 0.5) is 0 Å². The molecule has 1 aliphatic rings. The van der Waals surface area contributed by atoms with Gasteiger partial charge in [-0.1, -0.05) is 6.92 Å². The quantitative estimate of drug-likeness (QED) is 0.663. The summed E-state index contributed by atoms with van der Waals surface area (Å²) >= 11 is 0. The van der Waals surface area contributed by atoms with Gasteiger partial charge in [-0.05, 0) is 38.8 Å². The molecule has 0 aromatic heterocycles. The smallest absolute Gasteiger partial charge is 0.0474 e. The van der Waals surface area contributed by atoms with Crippen molar-refractivity contribution in [2.75, 3.05) is 19.7 Å². The summed E-state index contributed by atoms with van der Waals surface area (Å²) in [7, 11) is 0. The van der Waals surface area contributed by atoms with Gasteiger partial charge < -0.3 is 10.0 Å². The molecule has 0 saturated carbocycles. The highest BCUT2D eigenvalue weighted by Crippen LogP contribution is 2.23. The van der Waals surface area contributed by atoms with Crippen molar-refractivity contribution in [1.82, 2.24) is 4.90 Å². The van der Waals surface area contributed by atoms with Crippen molar-refractivity contribution in [3.05, 3.63) is 0 Å². The van der Waals surface area contributed by atoms with E-state index < -0.39 is 0 Å². The molecule has 1 heterocycles. The number of hydrogen-bond acceptors (Lipinski definition) is 2. The zero-order valence-electron chi connectivity index (χ0n) is 7.58. The van der Waals surface area contributed by atoms with Crippen molar-refractivity contribution in [2.24, 2.45) is 5.92 Å². The fraction of sp³-hybridized carbons (Fsp3) is 1.00. The van der Waals surface area contributed by atoms with Gasteiger partial charge in [0.25, 0.3) is 0 Å². The molecule has 0 aromatic carbocycles. The van der Waals surface area contributed by atoms with Crippen LogP contribution in [0.2, 0.25) is 0 Å². The fourth-order valence-corrected chi connectivity index (χ4v) is 1.92. The van der Waals surface area contributed by atoms with Crippen LogP contribution < -0.4 is 0 Å². The number of hydrogen-bond donors (Lipinski definition) is 1. The van der Waals surface area contributed by atoms with Crippen molar-refractivity contribution in [3.63, 3.8) is 0 Å². The van der Waals surface area contributed by atoms with Crippen LogP contribution in [0.15, 0.2) is 0 Å². The minimum absolute atomic E-state index is 0.362. The van der Waals surface area contributed by atoms with Crippen LogP contribution >= 0.6 is 0 Å². The van der Waals surface area contributed by atoms with E-state index in [4.69, 9.17) is 5.11 Å². The second-order valence-electron chi connectivity index (χ2n) is 3.51. The van der Waals surface area contributed by atoms with Gasteiger partial charge >= 0.3 is 0 Å². The molecule has 0 radical (unpaired) electrons. The molecular weight excluding hydrogens is 138 g/mol. The fourth-order valence-electron chi connectivity index (χ4n) is 1.92. The van der Waals surface area contributed by atoms with Crippen LogP contribution in [0.25, 0.3) is 0 Å². The van der Waals surface area contributed by atoms with Crippen LogP contribution in [0.3, 0.4) is 0 Å².